The highest BCUT2D eigenvalue weighted by Crippen LogP contribution is 2.37. The third kappa shape index (κ3) is 3.66. The lowest BCUT2D eigenvalue weighted by Crippen LogP contribution is -2.47. The molecule has 2 bridgehead atoms. The van der Waals surface area contributed by atoms with Crippen LogP contribution in [-0.4, -0.2) is 54.7 Å². The Kier molecular flexibility index (Phi) is 4.93. The maximum atomic E-state index is 8.95. The molecule has 0 amide bonds. The van der Waals surface area contributed by atoms with Gasteiger partial charge < -0.3 is 10.6 Å². The number of anilines is 3. The highest BCUT2D eigenvalue weighted by atomic mass is 15.2. The third-order valence-corrected chi connectivity index (χ3v) is 6.17. The second kappa shape index (κ2) is 7.88. The van der Waals surface area contributed by atoms with Crippen LogP contribution < -0.4 is 10.6 Å². The highest BCUT2D eigenvalue weighted by molar-refractivity contribution is 5.90. The fraction of sp³-hybridized carbons (Fsp3) is 0.476. The van der Waals surface area contributed by atoms with Crippen molar-refractivity contribution in [2.45, 2.75) is 57.2 Å². The van der Waals surface area contributed by atoms with Crippen LogP contribution in [0.5, 0.6) is 0 Å². The quantitative estimate of drug-likeness (QED) is 0.574. The molecule has 2 aliphatic rings. The van der Waals surface area contributed by atoms with Gasteiger partial charge in [0.2, 0.25) is 0 Å². The zero-order valence-electron chi connectivity index (χ0n) is 17.0. The molecular formula is C21H25N9. The van der Waals surface area contributed by atoms with Crippen LogP contribution in [0, 0.1) is 18.3 Å². The Morgan fingerprint density at radius 1 is 1.23 bits per heavy atom. The zero-order valence-corrected chi connectivity index (χ0v) is 17.0. The number of aryl methyl sites for hydroxylation is 1. The Morgan fingerprint density at radius 2 is 2.07 bits per heavy atom. The molecule has 30 heavy (non-hydrogen) atoms. The van der Waals surface area contributed by atoms with E-state index in [-0.39, 0.29) is 0 Å². The van der Waals surface area contributed by atoms with Crippen LogP contribution in [0.2, 0.25) is 0 Å². The molecule has 0 radical (unpaired) electrons. The van der Waals surface area contributed by atoms with Gasteiger partial charge in [-0.1, -0.05) is 0 Å². The van der Waals surface area contributed by atoms with Gasteiger partial charge in [0, 0.05) is 55.1 Å². The predicted molar refractivity (Wildman–Crippen MR) is 114 cm³/mol. The number of rotatable bonds is 6. The summed E-state index contributed by atoms with van der Waals surface area (Å²) in [5, 5.41) is 24.0. The van der Waals surface area contributed by atoms with Gasteiger partial charge in [0.1, 0.15) is 18.0 Å². The fourth-order valence-electron chi connectivity index (χ4n) is 4.90. The molecule has 3 aromatic rings. The summed E-state index contributed by atoms with van der Waals surface area (Å²) < 4.78 is 0. The number of pyridine rings is 1. The van der Waals surface area contributed by atoms with Crippen molar-refractivity contribution in [3.63, 3.8) is 0 Å². The molecule has 0 aromatic carbocycles. The second-order valence-electron chi connectivity index (χ2n) is 8.22. The first kappa shape index (κ1) is 18.8. The first-order valence-electron chi connectivity index (χ1n) is 10.5. The highest BCUT2D eigenvalue weighted by Gasteiger charge is 2.40. The average Bonchev–Trinajstić information content (AvgIpc) is 3.25. The standard InChI is InChI=1S/C21H25N9/c1-13-7-20(29-28-13)26-19-10-18-17(11-23-12-24-18)21(27-19)25-14-8-15-3-4-16(9-14)30(15)6-2-5-22/h7,10-12,14-16H,2-4,6,8-9H2,1H3,(H3,25,26,27,28,29)/t14?,15-,16+. The third-order valence-electron chi connectivity index (χ3n) is 6.17. The van der Waals surface area contributed by atoms with E-state index in [4.69, 9.17) is 10.2 Å². The smallest absolute Gasteiger partial charge is 0.153 e. The molecule has 1 unspecified atom stereocenters. The van der Waals surface area contributed by atoms with E-state index < -0.39 is 0 Å². The molecule has 5 heterocycles. The molecule has 2 saturated heterocycles. The van der Waals surface area contributed by atoms with E-state index in [1.165, 1.54) is 12.8 Å². The van der Waals surface area contributed by atoms with E-state index in [9.17, 15) is 0 Å². The number of fused-ring (bicyclic) bond motifs is 3. The summed E-state index contributed by atoms with van der Waals surface area (Å²) in [7, 11) is 0. The summed E-state index contributed by atoms with van der Waals surface area (Å²) in [6.45, 7) is 2.85. The SMILES string of the molecule is Cc1cc(Nc2cc3ncncc3c(NC3C[C@H]4CC[C@@H](C3)N4CCC#N)n2)n[nH]1. The van der Waals surface area contributed by atoms with E-state index in [0.29, 0.717) is 30.4 Å². The molecule has 2 fully saturated rings. The Labute approximate surface area is 174 Å². The van der Waals surface area contributed by atoms with Crippen molar-refractivity contribution in [3.8, 4) is 6.07 Å². The molecule has 3 aromatic heterocycles. The van der Waals surface area contributed by atoms with Crippen LogP contribution in [0.1, 0.15) is 37.8 Å². The molecule has 0 aliphatic carbocycles. The summed E-state index contributed by atoms with van der Waals surface area (Å²) in [5.74, 6) is 2.23. The first-order valence-corrected chi connectivity index (χ1v) is 10.5. The van der Waals surface area contributed by atoms with Gasteiger partial charge in [-0.3, -0.25) is 10.00 Å². The second-order valence-corrected chi connectivity index (χ2v) is 8.22. The minimum absolute atomic E-state index is 0.347. The maximum absolute atomic E-state index is 8.95. The Balaban J connectivity index is 1.38. The average molecular weight is 403 g/mol. The molecular weight excluding hydrogens is 378 g/mol. The number of nitriles is 1. The van der Waals surface area contributed by atoms with Crippen LogP contribution in [0.3, 0.4) is 0 Å². The van der Waals surface area contributed by atoms with Gasteiger partial charge in [-0.2, -0.15) is 10.4 Å². The van der Waals surface area contributed by atoms with Gasteiger partial charge in [0.25, 0.3) is 0 Å². The van der Waals surface area contributed by atoms with Crippen LogP contribution in [0.4, 0.5) is 17.5 Å². The van der Waals surface area contributed by atoms with Crippen molar-refractivity contribution in [1.29, 1.82) is 5.26 Å². The van der Waals surface area contributed by atoms with Gasteiger partial charge in [-0.05, 0) is 32.6 Å². The van der Waals surface area contributed by atoms with Crippen molar-refractivity contribution >= 4 is 28.4 Å². The summed E-state index contributed by atoms with van der Waals surface area (Å²) in [5.41, 5.74) is 1.82. The Hall–Kier alpha value is -3.25. The van der Waals surface area contributed by atoms with E-state index in [0.717, 1.165) is 47.6 Å². The predicted octanol–water partition coefficient (Wildman–Crippen LogP) is 3.12. The maximum Gasteiger partial charge on any atom is 0.153 e. The number of H-pyrrole nitrogens is 1. The molecule has 3 N–H and O–H groups in total. The molecule has 154 valence electrons. The molecule has 3 atom stereocenters. The minimum Gasteiger partial charge on any atom is -0.367 e. The van der Waals surface area contributed by atoms with Gasteiger partial charge in [0.15, 0.2) is 5.82 Å². The van der Waals surface area contributed by atoms with E-state index in [1.54, 1.807) is 6.33 Å². The van der Waals surface area contributed by atoms with Gasteiger partial charge in [0.05, 0.1) is 17.0 Å². The monoisotopic (exact) mass is 403 g/mol. The zero-order chi connectivity index (χ0) is 20.5. The number of hydrogen-bond acceptors (Lipinski definition) is 8. The molecule has 0 saturated carbocycles. The number of aromatic amines is 1. The number of aromatic nitrogens is 5. The van der Waals surface area contributed by atoms with Gasteiger partial charge in [-0.15, -0.1) is 0 Å². The van der Waals surface area contributed by atoms with Crippen LogP contribution in [-0.2, 0) is 0 Å². The lowest BCUT2D eigenvalue weighted by Gasteiger charge is -2.39. The number of nitrogens with one attached hydrogen (secondary N) is 3. The molecule has 2 aliphatic heterocycles. The normalized spacial score (nSPS) is 23.4. The van der Waals surface area contributed by atoms with Crippen LogP contribution in [0.25, 0.3) is 10.9 Å². The van der Waals surface area contributed by atoms with E-state index >= 15 is 0 Å². The van der Waals surface area contributed by atoms with E-state index in [1.807, 2.05) is 25.3 Å². The van der Waals surface area contributed by atoms with Crippen LogP contribution in [0.15, 0.2) is 24.7 Å². The van der Waals surface area contributed by atoms with Crippen molar-refractivity contribution in [2.75, 3.05) is 17.2 Å². The summed E-state index contributed by atoms with van der Waals surface area (Å²) in [4.78, 5) is 16.0. The molecule has 9 heteroatoms. The molecule has 9 nitrogen and oxygen atoms in total. The number of piperidine rings is 1. The Morgan fingerprint density at radius 3 is 2.80 bits per heavy atom. The largest absolute Gasteiger partial charge is 0.367 e. The number of nitrogens with zero attached hydrogens (tertiary/aromatic N) is 6. The Bertz CT molecular complexity index is 1070. The number of hydrogen-bond donors (Lipinski definition) is 3. The topological polar surface area (TPSA) is 118 Å². The van der Waals surface area contributed by atoms with Crippen LogP contribution >= 0.6 is 0 Å². The van der Waals surface area contributed by atoms with Gasteiger partial charge in [-0.25, -0.2) is 15.0 Å². The molecule has 0 spiro atoms. The van der Waals surface area contributed by atoms with Crippen molar-refractivity contribution < 1.29 is 0 Å². The van der Waals surface area contributed by atoms with Crippen molar-refractivity contribution in [1.82, 2.24) is 30.0 Å². The minimum atomic E-state index is 0.347. The van der Waals surface area contributed by atoms with E-state index in [2.05, 4.69) is 41.8 Å². The first-order chi connectivity index (χ1) is 14.7. The fourth-order valence-corrected chi connectivity index (χ4v) is 4.90. The molecule has 5 rings (SSSR count). The lowest BCUT2D eigenvalue weighted by molar-refractivity contribution is 0.136. The van der Waals surface area contributed by atoms with Crippen molar-refractivity contribution in [3.05, 3.63) is 30.4 Å². The summed E-state index contributed by atoms with van der Waals surface area (Å²) >= 11 is 0. The van der Waals surface area contributed by atoms with Crippen molar-refractivity contribution in [2.24, 2.45) is 0 Å². The summed E-state index contributed by atoms with van der Waals surface area (Å²) in [6.07, 6.45) is 8.54. The van der Waals surface area contributed by atoms with Gasteiger partial charge >= 0.3 is 0 Å². The summed E-state index contributed by atoms with van der Waals surface area (Å²) in [6, 6.07) is 7.58. The lowest BCUT2D eigenvalue weighted by atomic mass is 9.97.